The molecule has 7 nitrogen and oxygen atoms in total. The van der Waals surface area contributed by atoms with Crippen LogP contribution in [-0.2, 0) is 17.9 Å². The summed E-state index contributed by atoms with van der Waals surface area (Å²) in [5, 5.41) is 12.0. The van der Waals surface area contributed by atoms with E-state index >= 15 is 0 Å². The van der Waals surface area contributed by atoms with E-state index in [0.717, 1.165) is 11.1 Å². The van der Waals surface area contributed by atoms with Crippen LogP contribution in [0, 0.1) is 11.3 Å². The van der Waals surface area contributed by atoms with Gasteiger partial charge in [-0.25, -0.2) is 4.79 Å². The highest BCUT2D eigenvalue weighted by molar-refractivity contribution is 9.10. The molecule has 3 aromatic carbocycles. The normalized spacial score (nSPS) is 14.1. The van der Waals surface area contributed by atoms with E-state index in [0.29, 0.717) is 33.7 Å². The molecule has 0 aliphatic carbocycles. The summed E-state index contributed by atoms with van der Waals surface area (Å²) < 4.78 is 12.4. The number of imide groups is 1. The van der Waals surface area contributed by atoms with Crippen LogP contribution >= 0.6 is 15.9 Å². The fourth-order valence-corrected chi connectivity index (χ4v) is 4.20. The number of benzene rings is 3. The third-order valence-corrected chi connectivity index (χ3v) is 5.89. The van der Waals surface area contributed by atoms with Crippen molar-refractivity contribution in [3.8, 4) is 17.6 Å². The monoisotopic (exact) mass is 531 g/mol. The molecule has 1 aliphatic heterocycles. The number of rotatable bonds is 8. The number of hydrogen-bond donors (Lipinski definition) is 1. The Morgan fingerprint density at radius 1 is 1.06 bits per heavy atom. The fourth-order valence-electron chi connectivity index (χ4n) is 3.63. The molecule has 1 fully saturated rings. The molecule has 0 unspecified atom stereocenters. The van der Waals surface area contributed by atoms with Crippen molar-refractivity contribution in [3.63, 3.8) is 0 Å². The summed E-state index contributed by atoms with van der Waals surface area (Å²) in [5.41, 5.74) is 2.98. The number of halogens is 1. The van der Waals surface area contributed by atoms with E-state index < -0.39 is 11.9 Å². The zero-order valence-corrected chi connectivity index (χ0v) is 20.5. The zero-order chi connectivity index (χ0) is 24.8. The van der Waals surface area contributed by atoms with Crippen molar-refractivity contribution in [1.29, 1.82) is 5.26 Å². The minimum Gasteiger partial charge on any atom is -0.490 e. The highest BCUT2D eigenvalue weighted by atomic mass is 79.9. The van der Waals surface area contributed by atoms with Gasteiger partial charge in [0.2, 0.25) is 0 Å². The number of carbonyl (C=O) groups excluding carboxylic acids is 2. The van der Waals surface area contributed by atoms with Crippen LogP contribution in [0.2, 0.25) is 0 Å². The maximum absolute atomic E-state index is 12.9. The number of ether oxygens (including phenoxy) is 2. The molecule has 176 valence electrons. The molecule has 0 saturated carbocycles. The van der Waals surface area contributed by atoms with Crippen molar-refractivity contribution < 1.29 is 19.1 Å². The van der Waals surface area contributed by atoms with Crippen molar-refractivity contribution in [1.82, 2.24) is 10.2 Å². The average molecular weight is 532 g/mol. The van der Waals surface area contributed by atoms with Gasteiger partial charge in [0, 0.05) is 5.56 Å². The highest BCUT2D eigenvalue weighted by Crippen LogP contribution is 2.38. The molecule has 35 heavy (non-hydrogen) atoms. The maximum atomic E-state index is 12.9. The summed E-state index contributed by atoms with van der Waals surface area (Å²) in [6, 6.07) is 21.8. The first-order chi connectivity index (χ1) is 17.0. The van der Waals surface area contributed by atoms with Gasteiger partial charge in [-0.3, -0.25) is 9.69 Å². The van der Waals surface area contributed by atoms with E-state index in [2.05, 4.69) is 27.3 Å². The Hall–Kier alpha value is -4.09. The quantitative estimate of drug-likeness (QED) is 0.310. The molecule has 1 N–H and O–H groups in total. The second-order valence-corrected chi connectivity index (χ2v) is 8.54. The molecule has 0 spiro atoms. The fraction of sp³-hybridized carbons (Fsp3) is 0.148. The Morgan fingerprint density at radius 2 is 1.80 bits per heavy atom. The van der Waals surface area contributed by atoms with Crippen molar-refractivity contribution in [2.24, 2.45) is 0 Å². The van der Waals surface area contributed by atoms with Gasteiger partial charge in [-0.2, -0.15) is 5.26 Å². The third kappa shape index (κ3) is 5.53. The lowest BCUT2D eigenvalue weighted by Crippen LogP contribution is -2.30. The Morgan fingerprint density at radius 3 is 2.54 bits per heavy atom. The number of amides is 3. The van der Waals surface area contributed by atoms with Gasteiger partial charge in [0.15, 0.2) is 11.5 Å². The van der Waals surface area contributed by atoms with E-state index in [1.165, 1.54) is 4.90 Å². The topological polar surface area (TPSA) is 91.7 Å². The lowest BCUT2D eigenvalue weighted by molar-refractivity contribution is -0.123. The Kier molecular flexibility index (Phi) is 7.48. The van der Waals surface area contributed by atoms with Gasteiger partial charge in [-0.1, -0.05) is 48.5 Å². The minimum atomic E-state index is -0.467. The van der Waals surface area contributed by atoms with Crippen molar-refractivity contribution in [3.05, 3.63) is 99.2 Å². The van der Waals surface area contributed by atoms with Crippen molar-refractivity contribution >= 4 is 33.9 Å². The van der Waals surface area contributed by atoms with Crippen LogP contribution in [0.1, 0.15) is 29.2 Å². The van der Waals surface area contributed by atoms with Crippen LogP contribution in [-0.4, -0.2) is 23.4 Å². The molecule has 3 aromatic rings. The molecule has 0 bridgehead atoms. The molecular weight excluding hydrogens is 510 g/mol. The standard InChI is InChI=1S/C27H22BrN3O4/c1-2-34-24-14-19(12-22(28)25(24)35-17-21-11-7-6-10-20(21)15-29)13-23-26(32)31(27(33)30-23)16-18-8-4-3-5-9-18/h3-14H,2,16-17H2,1H3,(H,30,33)/b23-13+. The number of hydrogen-bond acceptors (Lipinski definition) is 5. The van der Waals surface area contributed by atoms with Crippen LogP contribution in [0.5, 0.6) is 11.5 Å². The molecule has 1 aliphatic rings. The summed E-state index contributed by atoms with van der Waals surface area (Å²) in [6.07, 6.45) is 1.60. The first-order valence-electron chi connectivity index (χ1n) is 11.0. The van der Waals surface area contributed by atoms with Gasteiger partial charge in [0.1, 0.15) is 12.3 Å². The minimum absolute atomic E-state index is 0.178. The number of nitrogens with one attached hydrogen (secondary N) is 1. The van der Waals surface area contributed by atoms with Crippen LogP contribution < -0.4 is 14.8 Å². The molecule has 0 aromatic heterocycles. The van der Waals surface area contributed by atoms with E-state index in [1.54, 1.807) is 30.3 Å². The third-order valence-electron chi connectivity index (χ3n) is 5.30. The summed E-state index contributed by atoms with van der Waals surface area (Å²) in [6.45, 7) is 2.63. The molecule has 1 heterocycles. The molecule has 0 atom stereocenters. The zero-order valence-electron chi connectivity index (χ0n) is 19.0. The Labute approximate surface area is 211 Å². The van der Waals surface area contributed by atoms with Crippen LogP contribution in [0.15, 0.2) is 76.9 Å². The van der Waals surface area contributed by atoms with E-state index in [9.17, 15) is 14.9 Å². The predicted molar refractivity (Wildman–Crippen MR) is 134 cm³/mol. The second-order valence-electron chi connectivity index (χ2n) is 7.69. The largest absolute Gasteiger partial charge is 0.490 e. The average Bonchev–Trinajstić information content (AvgIpc) is 3.12. The summed E-state index contributed by atoms with van der Waals surface area (Å²) in [4.78, 5) is 26.5. The van der Waals surface area contributed by atoms with Gasteiger partial charge < -0.3 is 14.8 Å². The molecule has 4 rings (SSSR count). The summed E-state index contributed by atoms with van der Waals surface area (Å²) in [7, 11) is 0. The molecule has 1 saturated heterocycles. The smallest absolute Gasteiger partial charge is 0.329 e. The van der Waals surface area contributed by atoms with Gasteiger partial charge in [-0.15, -0.1) is 0 Å². The summed E-state index contributed by atoms with van der Waals surface area (Å²) in [5.74, 6) is 0.552. The predicted octanol–water partition coefficient (Wildman–Crippen LogP) is 5.39. The van der Waals surface area contributed by atoms with Gasteiger partial charge >= 0.3 is 6.03 Å². The van der Waals surface area contributed by atoms with Crippen molar-refractivity contribution in [2.75, 3.05) is 6.61 Å². The Balaban J connectivity index is 1.57. The Bertz CT molecular complexity index is 1330. The van der Waals surface area contributed by atoms with Crippen LogP contribution in [0.4, 0.5) is 4.79 Å². The number of carbonyl (C=O) groups is 2. The van der Waals surface area contributed by atoms with Crippen molar-refractivity contribution in [2.45, 2.75) is 20.1 Å². The number of nitrogens with zero attached hydrogens (tertiary/aromatic N) is 2. The lowest BCUT2D eigenvalue weighted by atomic mass is 10.1. The van der Waals surface area contributed by atoms with Gasteiger partial charge in [0.25, 0.3) is 5.91 Å². The lowest BCUT2D eigenvalue weighted by Gasteiger charge is -2.15. The molecular formula is C27H22BrN3O4. The first kappa shape index (κ1) is 24.0. The SMILES string of the molecule is CCOc1cc(/C=C2/NC(=O)N(Cc3ccccc3)C2=O)cc(Br)c1OCc1ccccc1C#N. The maximum Gasteiger partial charge on any atom is 0.329 e. The van der Waals surface area contributed by atoms with Crippen LogP contribution in [0.3, 0.4) is 0 Å². The molecule has 3 amide bonds. The highest BCUT2D eigenvalue weighted by Gasteiger charge is 2.33. The van der Waals surface area contributed by atoms with Gasteiger partial charge in [-0.05, 0) is 58.3 Å². The van der Waals surface area contributed by atoms with Crippen LogP contribution in [0.25, 0.3) is 6.08 Å². The first-order valence-corrected chi connectivity index (χ1v) is 11.7. The molecule has 8 heteroatoms. The van der Waals surface area contributed by atoms with E-state index in [-0.39, 0.29) is 18.8 Å². The van der Waals surface area contributed by atoms with E-state index in [1.807, 2.05) is 49.4 Å². The van der Waals surface area contributed by atoms with E-state index in [4.69, 9.17) is 9.47 Å². The summed E-state index contributed by atoms with van der Waals surface area (Å²) >= 11 is 3.53. The number of urea groups is 1. The second kappa shape index (κ2) is 10.9. The molecule has 0 radical (unpaired) electrons. The number of nitriles is 1. The van der Waals surface area contributed by atoms with Gasteiger partial charge in [0.05, 0.1) is 29.3 Å².